The molecule has 1 saturated carbocycles. The molecule has 1 aliphatic heterocycles. The number of amides is 1. The Bertz CT molecular complexity index is 908. The maximum Gasteiger partial charge on any atom is 0.251 e. The van der Waals surface area contributed by atoms with Crippen molar-refractivity contribution >= 4 is 17.7 Å². The molecule has 5 heteroatoms. The number of hydrogen-bond acceptors (Lipinski definition) is 4. The normalized spacial score (nSPS) is 18.9. The first-order valence-electron chi connectivity index (χ1n) is 10.4. The standard InChI is InChI=1S/C24H27N3OS/c25-17-19-7-1-2-8-20(19)21-9-3-4-10-22(21)23(28)26-18-24(11-5-6-12-24)27-13-15-29-16-14-27/h1-4,7-10H,5-6,11-16,18H2,(H,26,28). The maximum atomic E-state index is 13.2. The van der Waals surface area contributed by atoms with Gasteiger partial charge < -0.3 is 5.32 Å². The van der Waals surface area contributed by atoms with E-state index < -0.39 is 0 Å². The van der Waals surface area contributed by atoms with E-state index in [1.807, 2.05) is 54.2 Å². The number of hydrogen-bond donors (Lipinski definition) is 1. The molecule has 29 heavy (non-hydrogen) atoms. The van der Waals surface area contributed by atoms with Gasteiger partial charge in [0, 0.05) is 47.8 Å². The van der Waals surface area contributed by atoms with Gasteiger partial charge in [0.1, 0.15) is 0 Å². The SMILES string of the molecule is N#Cc1ccccc1-c1ccccc1C(=O)NCC1(N2CCSCC2)CCCC1. The molecule has 0 radical (unpaired) electrons. The number of nitrogens with zero attached hydrogens (tertiary/aromatic N) is 2. The van der Waals surface area contributed by atoms with Gasteiger partial charge in [-0.05, 0) is 30.5 Å². The quantitative estimate of drug-likeness (QED) is 0.805. The lowest BCUT2D eigenvalue weighted by atomic mass is 9.93. The fourth-order valence-electron chi connectivity index (χ4n) is 4.75. The summed E-state index contributed by atoms with van der Waals surface area (Å²) in [5.41, 5.74) is 2.96. The van der Waals surface area contributed by atoms with Crippen molar-refractivity contribution in [2.75, 3.05) is 31.1 Å². The van der Waals surface area contributed by atoms with Crippen LogP contribution in [0.2, 0.25) is 0 Å². The Morgan fingerprint density at radius 2 is 1.69 bits per heavy atom. The molecule has 0 spiro atoms. The number of nitriles is 1. The van der Waals surface area contributed by atoms with Crippen molar-refractivity contribution in [1.82, 2.24) is 10.2 Å². The zero-order valence-electron chi connectivity index (χ0n) is 16.7. The minimum Gasteiger partial charge on any atom is -0.350 e. The molecule has 2 aromatic rings. The highest BCUT2D eigenvalue weighted by Crippen LogP contribution is 2.36. The Morgan fingerprint density at radius 3 is 2.41 bits per heavy atom. The Balaban J connectivity index is 1.56. The second-order valence-corrected chi connectivity index (χ2v) is 9.14. The average Bonchev–Trinajstić information content (AvgIpc) is 3.28. The van der Waals surface area contributed by atoms with E-state index in [-0.39, 0.29) is 11.4 Å². The summed E-state index contributed by atoms with van der Waals surface area (Å²) in [7, 11) is 0. The van der Waals surface area contributed by atoms with Crippen LogP contribution in [0.25, 0.3) is 11.1 Å². The summed E-state index contributed by atoms with van der Waals surface area (Å²) in [4.78, 5) is 15.8. The molecule has 2 fully saturated rings. The molecule has 1 heterocycles. The first-order valence-corrected chi connectivity index (χ1v) is 11.6. The van der Waals surface area contributed by atoms with Crippen LogP contribution in [0.1, 0.15) is 41.6 Å². The lowest BCUT2D eigenvalue weighted by Gasteiger charge is -2.43. The van der Waals surface area contributed by atoms with Gasteiger partial charge in [0.2, 0.25) is 0 Å². The summed E-state index contributed by atoms with van der Waals surface area (Å²) < 4.78 is 0. The summed E-state index contributed by atoms with van der Waals surface area (Å²) in [5, 5.41) is 12.7. The molecular formula is C24H27N3OS. The number of carbonyl (C=O) groups is 1. The number of thioether (sulfide) groups is 1. The molecule has 0 aromatic heterocycles. The van der Waals surface area contributed by atoms with Crippen LogP contribution in [-0.2, 0) is 0 Å². The van der Waals surface area contributed by atoms with Crippen molar-refractivity contribution in [3.63, 3.8) is 0 Å². The number of carbonyl (C=O) groups excluding carboxylic acids is 1. The van der Waals surface area contributed by atoms with Crippen LogP contribution >= 0.6 is 11.8 Å². The minimum absolute atomic E-state index is 0.0500. The van der Waals surface area contributed by atoms with Gasteiger partial charge in [-0.3, -0.25) is 9.69 Å². The number of rotatable bonds is 5. The van der Waals surface area contributed by atoms with E-state index in [9.17, 15) is 10.1 Å². The van der Waals surface area contributed by atoms with Crippen molar-refractivity contribution in [3.8, 4) is 17.2 Å². The molecule has 4 rings (SSSR count). The largest absolute Gasteiger partial charge is 0.350 e. The molecule has 0 bridgehead atoms. The van der Waals surface area contributed by atoms with Gasteiger partial charge in [0.25, 0.3) is 5.91 Å². The summed E-state index contributed by atoms with van der Waals surface area (Å²) in [6.07, 6.45) is 4.81. The molecule has 2 aromatic carbocycles. The Labute approximate surface area is 177 Å². The second-order valence-electron chi connectivity index (χ2n) is 7.92. The van der Waals surface area contributed by atoms with E-state index in [0.717, 1.165) is 37.1 Å². The van der Waals surface area contributed by atoms with E-state index in [0.29, 0.717) is 17.7 Å². The molecule has 4 nitrogen and oxygen atoms in total. The van der Waals surface area contributed by atoms with Crippen molar-refractivity contribution in [1.29, 1.82) is 5.26 Å². The summed E-state index contributed by atoms with van der Waals surface area (Å²) in [5.74, 6) is 2.32. The van der Waals surface area contributed by atoms with Gasteiger partial charge in [0.15, 0.2) is 0 Å². The highest BCUT2D eigenvalue weighted by molar-refractivity contribution is 7.99. The fraction of sp³-hybridized carbons (Fsp3) is 0.417. The molecule has 0 unspecified atom stereocenters. The van der Waals surface area contributed by atoms with Crippen LogP contribution in [0.4, 0.5) is 0 Å². The third-order valence-corrected chi connectivity index (χ3v) is 7.25. The topological polar surface area (TPSA) is 56.1 Å². The van der Waals surface area contributed by atoms with Crippen LogP contribution in [0.15, 0.2) is 48.5 Å². The van der Waals surface area contributed by atoms with E-state index in [1.165, 1.54) is 24.3 Å². The van der Waals surface area contributed by atoms with Crippen LogP contribution < -0.4 is 5.32 Å². The number of nitrogens with one attached hydrogen (secondary N) is 1. The highest BCUT2D eigenvalue weighted by Gasteiger charge is 2.40. The van der Waals surface area contributed by atoms with Crippen molar-refractivity contribution in [2.24, 2.45) is 0 Å². The Morgan fingerprint density at radius 1 is 1.03 bits per heavy atom. The second kappa shape index (κ2) is 9.02. The first kappa shape index (κ1) is 20.0. The molecule has 1 amide bonds. The molecule has 150 valence electrons. The molecule has 2 aliphatic rings. The van der Waals surface area contributed by atoms with Gasteiger partial charge in [-0.1, -0.05) is 49.2 Å². The van der Waals surface area contributed by atoms with Gasteiger partial charge in [-0.15, -0.1) is 0 Å². The summed E-state index contributed by atoms with van der Waals surface area (Å²) in [6.45, 7) is 2.93. The predicted octanol–water partition coefficient (Wildman–Crippen LogP) is 4.32. The fourth-order valence-corrected chi connectivity index (χ4v) is 5.65. The van der Waals surface area contributed by atoms with E-state index in [4.69, 9.17) is 0 Å². The third-order valence-electron chi connectivity index (χ3n) is 6.30. The molecular weight excluding hydrogens is 378 g/mol. The Hall–Kier alpha value is -2.29. The van der Waals surface area contributed by atoms with Crippen LogP contribution in [-0.4, -0.2) is 47.5 Å². The summed E-state index contributed by atoms with van der Waals surface area (Å²) in [6, 6.07) is 17.3. The van der Waals surface area contributed by atoms with Crippen molar-refractivity contribution in [2.45, 2.75) is 31.2 Å². The minimum atomic E-state index is -0.0500. The predicted molar refractivity (Wildman–Crippen MR) is 119 cm³/mol. The monoisotopic (exact) mass is 405 g/mol. The van der Waals surface area contributed by atoms with E-state index >= 15 is 0 Å². The maximum absolute atomic E-state index is 13.2. The van der Waals surface area contributed by atoms with E-state index in [1.54, 1.807) is 6.07 Å². The zero-order valence-corrected chi connectivity index (χ0v) is 17.5. The van der Waals surface area contributed by atoms with Crippen LogP contribution in [0.3, 0.4) is 0 Å². The summed E-state index contributed by atoms with van der Waals surface area (Å²) >= 11 is 2.03. The molecule has 1 saturated heterocycles. The van der Waals surface area contributed by atoms with Gasteiger partial charge in [-0.2, -0.15) is 17.0 Å². The lowest BCUT2D eigenvalue weighted by Crippen LogP contribution is -2.56. The number of benzene rings is 2. The smallest absolute Gasteiger partial charge is 0.251 e. The van der Waals surface area contributed by atoms with E-state index in [2.05, 4.69) is 16.3 Å². The zero-order chi connectivity index (χ0) is 20.1. The van der Waals surface area contributed by atoms with Crippen molar-refractivity contribution < 1.29 is 4.79 Å². The third kappa shape index (κ3) is 4.19. The highest BCUT2D eigenvalue weighted by atomic mass is 32.2. The first-order chi connectivity index (χ1) is 14.2. The van der Waals surface area contributed by atoms with Gasteiger partial charge in [0.05, 0.1) is 11.6 Å². The van der Waals surface area contributed by atoms with Gasteiger partial charge >= 0.3 is 0 Å². The van der Waals surface area contributed by atoms with Crippen molar-refractivity contribution in [3.05, 3.63) is 59.7 Å². The van der Waals surface area contributed by atoms with Crippen LogP contribution in [0.5, 0.6) is 0 Å². The average molecular weight is 406 g/mol. The Kier molecular flexibility index (Phi) is 6.22. The molecule has 1 aliphatic carbocycles. The van der Waals surface area contributed by atoms with Crippen LogP contribution in [0, 0.1) is 11.3 Å². The lowest BCUT2D eigenvalue weighted by molar-refractivity contribution is 0.0818. The molecule has 0 atom stereocenters. The van der Waals surface area contributed by atoms with Gasteiger partial charge in [-0.25, -0.2) is 0 Å². The molecule has 1 N–H and O–H groups in total.